The van der Waals surface area contributed by atoms with Crippen LogP contribution in [0.1, 0.15) is 33.1 Å². The summed E-state index contributed by atoms with van der Waals surface area (Å²) < 4.78 is 5.00. The van der Waals surface area contributed by atoms with Crippen molar-refractivity contribution < 1.29 is 19.1 Å². The first-order valence-electron chi connectivity index (χ1n) is 8.48. The van der Waals surface area contributed by atoms with Crippen molar-refractivity contribution >= 4 is 35.2 Å². The van der Waals surface area contributed by atoms with E-state index in [-0.39, 0.29) is 37.4 Å². The fourth-order valence-corrected chi connectivity index (χ4v) is 3.58. The molecular formula is C18H24N2O4S. The monoisotopic (exact) mass is 364 g/mol. The maximum Gasteiger partial charge on any atom is 0.308 e. The smallest absolute Gasteiger partial charge is 0.308 e. The highest BCUT2D eigenvalue weighted by molar-refractivity contribution is 8.00. The quantitative estimate of drug-likeness (QED) is 0.717. The van der Waals surface area contributed by atoms with Gasteiger partial charge in [0.2, 0.25) is 5.91 Å². The highest BCUT2D eigenvalue weighted by Gasteiger charge is 2.25. The molecule has 1 aromatic carbocycles. The Balaban J connectivity index is 1.78. The number of thioether (sulfide) groups is 1. The Morgan fingerprint density at radius 1 is 1.36 bits per heavy atom. The van der Waals surface area contributed by atoms with Gasteiger partial charge < -0.3 is 15.0 Å². The Hall–Kier alpha value is -2.02. The summed E-state index contributed by atoms with van der Waals surface area (Å²) in [6.45, 7) is 3.93. The summed E-state index contributed by atoms with van der Waals surface area (Å²) in [6, 6.07) is 7.68. The lowest BCUT2D eigenvalue weighted by Gasteiger charge is -2.28. The van der Waals surface area contributed by atoms with Crippen LogP contribution in [0.5, 0.6) is 0 Å². The van der Waals surface area contributed by atoms with Crippen LogP contribution in [0.25, 0.3) is 0 Å². The van der Waals surface area contributed by atoms with Crippen LogP contribution in [0, 0.1) is 0 Å². The summed E-state index contributed by atoms with van der Waals surface area (Å²) in [4.78, 5) is 38.3. The first-order chi connectivity index (χ1) is 12.0. The molecule has 0 saturated carbocycles. The third-order valence-corrected chi connectivity index (χ3v) is 4.89. The third-order valence-electron chi connectivity index (χ3n) is 3.84. The molecule has 1 N–H and O–H groups in total. The van der Waals surface area contributed by atoms with Gasteiger partial charge in [-0.15, -0.1) is 11.8 Å². The zero-order valence-electron chi connectivity index (χ0n) is 14.6. The summed E-state index contributed by atoms with van der Waals surface area (Å²) in [5.41, 5.74) is 0.822. The van der Waals surface area contributed by atoms with Gasteiger partial charge in [0.05, 0.1) is 17.9 Å². The van der Waals surface area contributed by atoms with E-state index in [1.807, 2.05) is 38.1 Å². The normalized spacial score (nSPS) is 14.6. The summed E-state index contributed by atoms with van der Waals surface area (Å²) in [5.74, 6) is -0.446. The van der Waals surface area contributed by atoms with Crippen molar-refractivity contribution in [3.63, 3.8) is 0 Å². The van der Waals surface area contributed by atoms with E-state index in [9.17, 15) is 14.4 Å². The maximum absolute atomic E-state index is 12.1. The second kappa shape index (κ2) is 9.46. The average Bonchev–Trinajstić information content (AvgIpc) is 2.59. The molecule has 0 unspecified atom stereocenters. The number of hydrogen-bond donors (Lipinski definition) is 1. The molecule has 136 valence electrons. The highest BCUT2D eigenvalue weighted by Crippen LogP contribution is 2.34. The predicted molar refractivity (Wildman–Crippen MR) is 97.6 cm³/mol. The van der Waals surface area contributed by atoms with E-state index in [0.717, 1.165) is 23.4 Å². The van der Waals surface area contributed by atoms with Crippen LogP contribution < -0.4 is 10.2 Å². The zero-order valence-corrected chi connectivity index (χ0v) is 15.4. The van der Waals surface area contributed by atoms with Gasteiger partial charge in [-0.05, 0) is 25.5 Å². The van der Waals surface area contributed by atoms with Crippen molar-refractivity contribution in [2.75, 3.05) is 23.8 Å². The minimum Gasteiger partial charge on any atom is -0.456 e. The lowest BCUT2D eigenvalue weighted by molar-refractivity contribution is -0.148. The number of fused-ring (bicyclic) bond motifs is 1. The second-order valence-corrected chi connectivity index (χ2v) is 6.99. The third kappa shape index (κ3) is 5.77. The Bertz CT molecular complexity index is 635. The molecule has 2 rings (SSSR count). The van der Waals surface area contributed by atoms with Gasteiger partial charge in [0.15, 0.2) is 6.61 Å². The number of para-hydroxylation sites is 1. The Kier molecular flexibility index (Phi) is 7.31. The van der Waals surface area contributed by atoms with Gasteiger partial charge in [0.25, 0.3) is 5.91 Å². The molecule has 25 heavy (non-hydrogen) atoms. The number of anilines is 1. The summed E-state index contributed by atoms with van der Waals surface area (Å²) in [5, 5.41) is 2.78. The van der Waals surface area contributed by atoms with E-state index in [4.69, 9.17) is 4.74 Å². The number of rotatable bonds is 8. The van der Waals surface area contributed by atoms with Crippen LogP contribution in [0.15, 0.2) is 29.2 Å². The number of carbonyl (C=O) groups excluding carboxylic acids is 3. The number of nitrogens with one attached hydrogen (secondary N) is 1. The Morgan fingerprint density at radius 3 is 2.88 bits per heavy atom. The number of amides is 2. The van der Waals surface area contributed by atoms with Crippen LogP contribution in [-0.4, -0.2) is 42.7 Å². The summed E-state index contributed by atoms with van der Waals surface area (Å²) in [6.07, 6.45) is 1.92. The van der Waals surface area contributed by atoms with Crippen molar-refractivity contribution in [2.45, 2.75) is 44.0 Å². The number of esters is 1. The van der Waals surface area contributed by atoms with Crippen molar-refractivity contribution in [1.29, 1.82) is 0 Å². The van der Waals surface area contributed by atoms with Gasteiger partial charge in [-0.25, -0.2) is 0 Å². The molecule has 1 heterocycles. The van der Waals surface area contributed by atoms with Gasteiger partial charge >= 0.3 is 5.97 Å². The minimum absolute atomic E-state index is 0.0253. The summed E-state index contributed by atoms with van der Waals surface area (Å²) in [7, 11) is 0. The molecule has 6 nitrogen and oxygen atoms in total. The molecule has 1 aromatic rings. The SMILES string of the molecule is CCC[C@@H](C)NC(=O)COC(=O)CCN1C(=O)CSc2ccccc21. The van der Waals surface area contributed by atoms with E-state index in [1.165, 1.54) is 11.8 Å². The van der Waals surface area contributed by atoms with Crippen molar-refractivity contribution in [1.82, 2.24) is 5.32 Å². The van der Waals surface area contributed by atoms with E-state index in [2.05, 4.69) is 5.32 Å². The molecule has 0 saturated heterocycles. The highest BCUT2D eigenvalue weighted by atomic mass is 32.2. The average molecular weight is 364 g/mol. The van der Waals surface area contributed by atoms with E-state index < -0.39 is 5.97 Å². The largest absolute Gasteiger partial charge is 0.456 e. The number of carbonyl (C=O) groups is 3. The van der Waals surface area contributed by atoms with Crippen LogP contribution in [0.2, 0.25) is 0 Å². The fourth-order valence-electron chi connectivity index (χ4n) is 2.64. The van der Waals surface area contributed by atoms with Gasteiger partial charge in [0.1, 0.15) is 0 Å². The molecule has 1 atom stereocenters. The number of nitrogens with zero attached hydrogens (tertiary/aromatic N) is 1. The molecule has 0 aliphatic carbocycles. The first-order valence-corrected chi connectivity index (χ1v) is 9.47. The van der Waals surface area contributed by atoms with Crippen LogP contribution >= 0.6 is 11.8 Å². The Morgan fingerprint density at radius 2 is 2.12 bits per heavy atom. The zero-order chi connectivity index (χ0) is 18.2. The number of benzene rings is 1. The molecule has 7 heteroatoms. The van der Waals surface area contributed by atoms with E-state index >= 15 is 0 Å². The van der Waals surface area contributed by atoms with Crippen LogP contribution in [0.3, 0.4) is 0 Å². The second-order valence-electron chi connectivity index (χ2n) is 5.97. The lowest BCUT2D eigenvalue weighted by Crippen LogP contribution is -2.38. The van der Waals surface area contributed by atoms with Crippen LogP contribution in [-0.2, 0) is 19.1 Å². The van der Waals surface area contributed by atoms with Gasteiger partial charge in [-0.3, -0.25) is 14.4 Å². The van der Waals surface area contributed by atoms with Crippen molar-refractivity contribution in [2.24, 2.45) is 0 Å². The molecule has 0 radical (unpaired) electrons. The minimum atomic E-state index is -0.484. The van der Waals surface area contributed by atoms with Gasteiger partial charge in [-0.1, -0.05) is 25.5 Å². The standard InChI is InChI=1S/C18H24N2O4S/c1-3-6-13(2)19-16(21)11-24-18(23)9-10-20-14-7-4-5-8-15(14)25-12-17(20)22/h4-5,7-8,13H,3,6,9-12H2,1-2H3,(H,19,21)/t13-/m1/s1. The molecule has 2 amide bonds. The van der Waals surface area contributed by atoms with Crippen molar-refractivity contribution in [3.05, 3.63) is 24.3 Å². The molecular weight excluding hydrogens is 340 g/mol. The van der Waals surface area contributed by atoms with E-state index in [0.29, 0.717) is 5.75 Å². The molecule has 0 spiro atoms. The Labute approximate surface area is 152 Å². The first kappa shape index (κ1) is 19.3. The maximum atomic E-state index is 12.1. The molecule has 0 fully saturated rings. The summed E-state index contributed by atoms with van der Waals surface area (Å²) >= 11 is 1.50. The fraction of sp³-hybridized carbons (Fsp3) is 0.500. The predicted octanol–water partition coefficient (Wildman–Crippen LogP) is 2.36. The van der Waals surface area contributed by atoms with Crippen LogP contribution in [0.4, 0.5) is 5.69 Å². The van der Waals surface area contributed by atoms with E-state index in [1.54, 1.807) is 4.90 Å². The molecule has 1 aliphatic heterocycles. The molecule has 0 bridgehead atoms. The lowest BCUT2D eigenvalue weighted by atomic mass is 10.2. The molecule has 0 aromatic heterocycles. The number of ether oxygens (including phenoxy) is 1. The number of hydrogen-bond acceptors (Lipinski definition) is 5. The van der Waals surface area contributed by atoms with Gasteiger partial charge in [-0.2, -0.15) is 0 Å². The topological polar surface area (TPSA) is 75.7 Å². The van der Waals surface area contributed by atoms with Gasteiger partial charge in [0, 0.05) is 17.5 Å². The van der Waals surface area contributed by atoms with Crippen molar-refractivity contribution in [3.8, 4) is 0 Å². The molecule has 1 aliphatic rings.